The Morgan fingerprint density at radius 1 is 1.78 bits per heavy atom. The van der Waals surface area contributed by atoms with Gasteiger partial charge in [0.15, 0.2) is 0 Å². The highest BCUT2D eigenvalue weighted by Gasteiger charge is 1.94. The second-order valence-corrected chi connectivity index (χ2v) is 3.01. The third kappa shape index (κ3) is 1.45. The van der Waals surface area contributed by atoms with E-state index in [0.29, 0.717) is 5.00 Å². The van der Waals surface area contributed by atoms with Gasteiger partial charge in [0.05, 0.1) is 0 Å². The van der Waals surface area contributed by atoms with Crippen molar-refractivity contribution in [1.29, 1.82) is 0 Å². The van der Waals surface area contributed by atoms with Gasteiger partial charge in [-0.15, -0.1) is 11.3 Å². The average molecular weight is 204 g/mol. The highest BCUT2D eigenvalue weighted by Crippen LogP contribution is 2.30. The molecule has 1 aromatic heterocycles. The number of rotatable bonds is 1. The van der Waals surface area contributed by atoms with E-state index in [1.165, 1.54) is 11.3 Å². The van der Waals surface area contributed by atoms with Gasteiger partial charge in [-0.05, 0) is 38.0 Å². The van der Waals surface area contributed by atoms with Crippen molar-refractivity contribution in [1.82, 2.24) is 0 Å². The van der Waals surface area contributed by atoms with Gasteiger partial charge in [0, 0.05) is 9.38 Å². The van der Waals surface area contributed by atoms with Crippen LogP contribution in [0.2, 0.25) is 0 Å². The van der Waals surface area contributed by atoms with E-state index in [9.17, 15) is 0 Å². The molecule has 0 bridgehead atoms. The van der Waals surface area contributed by atoms with Crippen LogP contribution in [-0.2, 0) is 0 Å². The fraction of sp³-hybridized carbons (Fsp3) is 0. The molecule has 0 radical (unpaired) electrons. The van der Waals surface area contributed by atoms with Gasteiger partial charge < -0.3 is 0 Å². The van der Waals surface area contributed by atoms with Gasteiger partial charge in [-0.25, -0.2) is 0 Å². The van der Waals surface area contributed by atoms with Crippen molar-refractivity contribution in [2.45, 2.75) is 0 Å². The monoisotopic (exact) mass is 203 g/mol. The smallest absolute Gasteiger partial charge is 0.104 e. The molecule has 0 fully saturated rings. The Morgan fingerprint density at radius 2 is 2.56 bits per heavy atom. The Balaban J connectivity index is 3.07. The Morgan fingerprint density at radius 3 is 3.00 bits per heavy atom. The van der Waals surface area contributed by atoms with E-state index >= 15 is 0 Å². The van der Waals surface area contributed by atoms with Gasteiger partial charge in [0.25, 0.3) is 0 Å². The highest BCUT2D eigenvalue weighted by molar-refractivity contribution is 9.10. The van der Waals surface area contributed by atoms with Crippen LogP contribution in [0.4, 0.5) is 5.00 Å². The number of thiophene rings is 1. The van der Waals surface area contributed by atoms with Crippen LogP contribution in [0.25, 0.3) is 10.4 Å². The van der Waals surface area contributed by atoms with E-state index in [1.807, 2.05) is 11.4 Å². The lowest BCUT2D eigenvalue weighted by Crippen LogP contribution is -1.46. The molecular formula is C4H2BrN3S. The second kappa shape index (κ2) is 2.87. The molecule has 9 heavy (non-hydrogen) atoms. The van der Waals surface area contributed by atoms with Gasteiger partial charge >= 0.3 is 0 Å². The van der Waals surface area contributed by atoms with Crippen LogP contribution < -0.4 is 0 Å². The first-order valence-corrected chi connectivity index (χ1v) is 3.80. The lowest BCUT2D eigenvalue weighted by Gasteiger charge is -1.78. The Hall–Kier alpha value is -0.510. The van der Waals surface area contributed by atoms with Crippen molar-refractivity contribution >= 4 is 32.3 Å². The topological polar surface area (TPSA) is 48.8 Å². The summed E-state index contributed by atoms with van der Waals surface area (Å²) >= 11 is 4.62. The molecule has 0 aromatic carbocycles. The maximum absolute atomic E-state index is 8.01. The minimum atomic E-state index is 0.678. The third-order valence-electron chi connectivity index (χ3n) is 0.734. The van der Waals surface area contributed by atoms with Crippen molar-refractivity contribution in [2.24, 2.45) is 5.11 Å². The van der Waals surface area contributed by atoms with Crippen LogP contribution in [0.15, 0.2) is 21.0 Å². The van der Waals surface area contributed by atoms with Crippen LogP contribution in [0.1, 0.15) is 0 Å². The van der Waals surface area contributed by atoms with E-state index in [1.54, 1.807) is 0 Å². The molecular weight excluding hydrogens is 202 g/mol. The van der Waals surface area contributed by atoms with Crippen molar-refractivity contribution in [3.05, 3.63) is 26.4 Å². The summed E-state index contributed by atoms with van der Waals surface area (Å²) in [5.41, 5.74) is 8.01. The van der Waals surface area contributed by atoms with Gasteiger partial charge in [-0.3, -0.25) is 0 Å². The molecule has 1 heterocycles. The number of hydrogen-bond acceptors (Lipinski definition) is 2. The molecule has 0 unspecified atom stereocenters. The van der Waals surface area contributed by atoms with Crippen LogP contribution in [0, 0.1) is 0 Å². The number of azide groups is 1. The van der Waals surface area contributed by atoms with Crippen molar-refractivity contribution in [2.75, 3.05) is 0 Å². The Labute approximate surface area is 64.1 Å². The summed E-state index contributed by atoms with van der Waals surface area (Å²) in [6, 6.07) is 1.84. The molecule has 0 N–H and O–H groups in total. The first-order valence-electron chi connectivity index (χ1n) is 2.12. The van der Waals surface area contributed by atoms with Crippen molar-refractivity contribution in [3.8, 4) is 0 Å². The molecule has 0 saturated carbocycles. The van der Waals surface area contributed by atoms with E-state index in [0.717, 1.165) is 4.47 Å². The first kappa shape index (κ1) is 6.61. The number of nitrogens with zero attached hydrogens (tertiary/aromatic N) is 3. The fourth-order valence-corrected chi connectivity index (χ4v) is 1.66. The number of hydrogen-bond donors (Lipinski definition) is 0. The molecule has 0 aliphatic rings. The summed E-state index contributed by atoms with van der Waals surface area (Å²) in [7, 11) is 0. The van der Waals surface area contributed by atoms with Gasteiger partial charge in [0.1, 0.15) is 5.00 Å². The zero-order valence-corrected chi connectivity index (χ0v) is 6.69. The molecule has 0 aliphatic carbocycles. The molecule has 1 rings (SSSR count). The molecule has 5 heteroatoms. The maximum atomic E-state index is 8.01. The Kier molecular flexibility index (Phi) is 2.10. The minimum absolute atomic E-state index is 0.678. The van der Waals surface area contributed by atoms with E-state index < -0.39 is 0 Å². The predicted molar refractivity (Wildman–Crippen MR) is 40.8 cm³/mol. The minimum Gasteiger partial charge on any atom is -0.141 e. The molecule has 0 aliphatic heterocycles. The summed E-state index contributed by atoms with van der Waals surface area (Å²) in [5, 5.41) is 5.95. The fourth-order valence-electron chi connectivity index (χ4n) is 0.398. The normalized spacial score (nSPS) is 8.56. The summed E-state index contributed by atoms with van der Waals surface area (Å²) < 4.78 is 0.852. The van der Waals surface area contributed by atoms with Crippen LogP contribution in [-0.4, -0.2) is 0 Å². The summed E-state index contributed by atoms with van der Waals surface area (Å²) in [5.74, 6) is 0. The maximum Gasteiger partial charge on any atom is 0.104 e. The van der Waals surface area contributed by atoms with Crippen molar-refractivity contribution < 1.29 is 0 Å². The first-order chi connectivity index (χ1) is 4.34. The predicted octanol–water partition coefficient (Wildman–Crippen LogP) is 3.45. The zero-order chi connectivity index (χ0) is 6.69. The summed E-state index contributed by atoms with van der Waals surface area (Å²) in [6.45, 7) is 0. The lowest BCUT2D eigenvalue weighted by molar-refractivity contribution is 1.54. The quantitative estimate of drug-likeness (QED) is 0.382. The summed E-state index contributed by atoms with van der Waals surface area (Å²) in [6.07, 6.45) is 0. The standard InChI is InChI=1S/C4H2BrN3S/c5-3-1-2-9-4(3)7-8-6/h1-2H. The number of halogens is 1. The molecule has 0 spiro atoms. The largest absolute Gasteiger partial charge is 0.141 e. The van der Waals surface area contributed by atoms with E-state index in [-0.39, 0.29) is 0 Å². The second-order valence-electron chi connectivity index (χ2n) is 1.26. The summed E-state index contributed by atoms with van der Waals surface area (Å²) in [4.78, 5) is 2.64. The van der Waals surface area contributed by atoms with Crippen molar-refractivity contribution in [3.63, 3.8) is 0 Å². The average Bonchev–Trinajstić information content (AvgIpc) is 2.18. The SMILES string of the molecule is [N-]=[N+]=Nc1sccc1Br. The highest BCUT2D eigenvalue weighted by atomic mass is 79.9. The van der Waals surface area contributed by atoms with Crippen LogP contribution in [0.3, 0.4) is 0 Å². The Bertz CT molecular complexity index is 250. The van der Waals surface area contributed by atoms with Gasteiger partial charge in [-0.2, -0.15) is 0 Å². The third-order valence-corrected chi connectivity index (χ3v) is 2.43. The molecule has 0 amide bonds. The van der Waals surface area contributed by atoms with Crippen LogP contribution in [0.5, 0.6) is 0 Å². The lowest BCUT2D eigenvalue weighted by atomic mass is 10.6. The van der Waals surface area contributed by atoms with E-state index in [4.69, 9.17) is 5.53 Å². The van der Waals surface area contributed by atoms with Crippen LogP contribution >= 0.6 is 27.3 Å². The van der Waals surface area contributed by atoms with Gasteiger partial charge in [-0.1, -0.05) is 0 Å². The molecule has 1 aromatic rings. The molecule has 0 saturated heterocycles. The molecule has 46 valence electrons. The van der Waals surface area contributed by atoms with E-state index in [2.05, 4.69) is 26.0 Å². The molecule has 3 nitrogen and oxygen atoms in total. The van der Waals surface area contributed by atoms with Gasteiger partial charge in [0.2, 0.25) is 0 Å². The zero-order valence-electron chi connectivity index (χ0n) is 4.28. The molecule has 0 atom stereocenters.